The summed E-state index contributed by atoms with van der Waals surface area (Å²) in [5.74, 6) is 0.187. The predicted molar refractivity (Wildman–Crippen MR) is 96.8 cm³/mol. The average Bonchev–Trinajstić information content (AvgIpc) is 3.03. The number of benzene rings is 2. The highest BCUT2D eigenvalue weighted by molar-refractivity contribution is 6.04. The molecule has 24 heavy (non-hydrogen) atoms. The van der Waals surface area contributed by atoms with Crippen LogP contribution >= 0.6 is 0 Å². The molecule has 124 valence electrons. The van der Waals surface area contributed by atoms with Gasteiger partial charge in [0, 0.05) is 29.9 Å². The maximum absolute atomic E-state index is 12.5. The minimum Gasteiger partial charge on any atom is -0.308 e. The summed E-state index contributed by atoms with van der Waals surface area (Å²) in [4.78, 5) is 26.4. The van der Waals surface area contributed by atoms with Gasteiger partial charge in [-0.3, -0.25) is 9.69 Å². The van der Waals surface area contributed by atoms with Crippen LogP contribution in [0, 0.1) is 0 Å². The summed E-state index contributed by atoms with van der Waals surface area (Å²) in [5.41, 5.74) is 3.51. The predicted octanol–water partition coefficient (Wildman–Crippen LogP) is 4.65. The molecule has 1 aliphatic rings. The van der Waals surface area contributed by atoms with Crippen molar-refractivity contribution in [1.82, 2.24) is 0 Å². The second-order valence-electron chi connectivity index (χ2n) is 6.07. The van der Waals surface area contributed by atoms with Crippen molar-refractivity contribution in [2.75, 3.05) is 16.8 Å². The first-order chi connectivity index (χ1) is 11.7. The van der Waals surface area contributed by atoms with Gasteiger partial charge in [-0.1, -0.05) is 31.5 Å². The van der Waals surface area contributed by atoms with Crippen LogP contribution in [0.4, 0.5) is 16.2 Å². The Hall–Kier alpha value is -2.62. The van der Waals surface area contributed by atoms with E-state index in [1.54, 1.807) is 4.90 Å². The first-order valence-electron chi connectivity index (χ1n) is 8.48. The average molecular weight is 322 g/mol. The van der Waals surface area contributed by atoms with E-state index in [2.05, 4.69) is 12.2 Å². The van der Waals surface area contributed by atoms with Crippen LogP contribution < -0.4 is 10.2 Å². The smallest absolute Gasteiger partial charge is 0.308 e. The SMILES string of the molecule is CCCCC(=O)c1ccc2c(c1)CCN2C(=O)Nc1ccccc1. The number of hydrogen-bond donors (Lipinski definition) is 1. The van der Waals surface area contributed by atoms with Gasteiger partial charge in [0.2, 0.25) is 0 Å². The molecular weight excluding hydrogens is 300 g/mol. The van der Waals surface area contributed by atoms with E-state index in [-0.39, 0.29) is 11.8 Å². The lowest BCUT2D eigenvalue weighted by Crippen LogP contribution is -2.33. The van der Waals surface area contributed by atoms with Crippen LogP contribution in [0.2, 0.25) is 0 Å². The van der Waals surface area contributed by atoms with Crippen molar-refractivity contribution in [3.05, 3.63) is 59.7 Å². The molecule has 0 radical (unpaired) electrons. The Bertz CT molecular complexity index is 741. The molecule has 0 saturated carbocycles. The summed E-state index contributed by atoms with van der Waals surface area (Å²) in [7, 11) is 0. The van der Waals surface area contributed by atoms with Crippen LogP contribution in [0.5, 0.6) is 0 Å². The van der Waals surface area contributed by atoms with Gasteiger partial charge in [-0.15, -0.1) is 0 Å². The van der Waals surface area contributed by atoms with Crippen LogP contribution in [0.15, 0.2) is 48.5 Å². The number of carbonyl (C=O) groups excluding carboxylic acids is 2. The number of amides is 2. The Morgan fingerprint density at radius 3 is 2.67 bits per heavy atom. The number of para-hydroxylation sites is 1. The van der Waals surface area contributed by atoms with Crippen molar-refractivity contribution >= 4 is 23.2 Å². The molecule has 0 aromatic heterocycles. The molecule has 1 heterocycles. The number of fused-ring (bicyclic) bond motifs is 1. The normalized spacial score (nSPS) is 12.8. The number of unbranched alkanes of at least 4 members (excludes halogenated alkanes) is 1. The fourth-order valence-corrected chi connectivity index (χ4v) is 2.98. The summed E-state index contributed by atoms with van der Waals surface area (Å²) >= 11 is 0. The number of carbonyl (C=O) groups is 2. The van der Waals surface area contributed by atoms with Crippen LogP contribution in [-0.4, -0.2) is 18.4 Å². The molecule has 0 fully saturated rings. The van der Waals surface area contributed by atoms with Crippen molar-refractivity contribution in [2.24, 2.45) is 0 Å². The van der Waals surface area contributed by atoms with Gasteiger partial charge in [-0.25, -0.2) is 4.79 Å². The van der Waals surface area contributed by atoms with Gasteiger partial charge in [0.1, 0.15) is 0 Å². The Labute approximate surface area is 142 Å². The minimum atomic E-state index is -0.134. The molecule has 4 nitrogen and oxygen atoms in total. The molecular formula is C20H22N2O2. The third kappa shape index (κ3) is 3.48. The number of ketones is 1. The third-order valence-corrected chi connectivity index (χ3v) is 4.32. The van der Waals surface area contributed by atoms with Gasteiger partial charge >= 0.3 is 6.03 Å². The van der Waals surface area contributed by atoms with Gasteiger partial charge in [0.15, 0.2) is 5.78 Å². The van der Waals surface area contributed by atoms with Gasteiger partial charge in [-0.2, -0.15) is 0 Å². The number of nitrogens with one attached hydrogen (secondary N) is 1. The van der Waals surface area contributed by atoms with Gasteiger partial charge in [-0.05, 0) is 48.7 Å². The minimum absolute atomic E-state index is 0.134. The molecule has 0 bridgehead atoms. The summed E-state index contributed by atoms with van der Waals surface area (Å²) in [6.45, 7) is 2.72. The number of rotatable bonds is 5. The molecule has 0 unspecified atom stereocenters. The number of Topliss-reactive ketones (excluding diaryl/α,β-unsaturated/α-hetero) is 1. The molecule has 3 rings (SSSR count). The first-order valence-corrected chi connectivity index (χ1v) is 8.48. The van der Waals surface area contributed by atoms with Crippen LogP contribution in [0.3, 0.4) is 0 Å². The van der Waals surface area contributed by atoms with Crippen molar-refractivity contribution in [2.45, 2.75) is 32.6 Å². The highest BCUT2D eigenvalue weighted by Gasteiger charge is 2.25. The fraction of sp³-hybridized carbons (Fsp3) is 0.300. The zero-order valence-corrected chi connectivity index (χ0v) is 13.9. The van der Waals surface area contributed by atoms with Crippen LogP contribution in [0.1, 0.15) is 42.1 Å². The maximum Gasteiger partial charge on any atom is 0.326 e. The second-order valence-corrected chi connectivity index (χ2v) is 6.07. The van der Waals surface area contributed by atoms with Crippen LogP contribution in [-0.2, 0) is 6.42 Å². The molecule has 0 spiro atoms. The van der Waals surface area contributed by atoms with Gasteiger partial charge < -0.3 is 5.32 Å². The standard InChI is InChI=1S/C20H22N2O2/c1-2-3-9-19(23)16-10-11-18-15(14-16)12-13-22(18)20(24)21-17-7-5-4-6-8-17/h4-8,10-11,14H,2-3,9,12-13H2,1H3,(H,21,24). The van der Waals surface area contributed by atoms with Crippen molar-refractivity contribution in [1.29, 1.82) is 0 Å². The summed E-state index contributed by atoms with van der Waals surface area (Å²) < 4.78 is 0. The van der Waals surface area contributed by atoms with Gasteiger partial charge in [0.25, 0.3) is 0 Å². The van der Waals surface area contributed by atoms with E-state index in [1.165, 1.54) is 0 Å². The highest BCUT2D eigenvalue weighted by Crippen LogP contribution is 2.30. The van der Waals surface area contributed by atoms with Crippen molar-refractivity contribution in [3.8, 4) is 0 Å². The third-order valence-electron chi connectivity index (χ3n) is 4.32. The van der Waals surface area contributed by atoms with Crippen LogP contribution in [0.25, 0.3) is 0 Å². The number of hydrogen-bond acceptors (Lipinski definition) is 2. The highest BCUT2D eigenvalue weighted by atomic mass is 16.2. The van der Waals surface area contributed by atoms with E-state index in [1.807, 2.05) is 48.5 Å². The van der Waals surface area contributed by atoms with Gasteiger partial charge in [0.05, 0.1) is 0 Å². The topological polar surface area (TPSA) is 49.4 Å². The molecule has 1 N–H and O–H groups in total. The lowest BCUT2D eigenvalue weighted by atomic mass is 10.0. The summed E-state index contributed by atoms with van der Waals surface area (Å²) in [5, 5.41) is 2.91. The molecule has 2 amide bonds. The van der Waals surface area contributed by atoms with E-state index in [0.717, 1.165) is 41.8 Å². The van der Waals surface area contributed by atoms with E-state index >= 15 is 0 Å². The largest absolute Gasteiger partial charge is 0.326 e. The Balaban J connectivity index is 1.73. The lowest BCUT2D eigenvalue weighted by Gasteiger charge is -2.18. The Morgan fingerprint density at radius 2 is 1.92 bits per heavy atom. The zero-order valence-electron chi connectivity index (χ0n) is 13.9. The molecule has 0 aliphatic carbocycles. The molecule has 2 aromatic rings. The van der Waals surface area contributed by atoms with Crippen molar-refractivity contribution < 1.29 is 9.59 Å². The van der Waals surface area contributed by atoms with Crippen molar-refractivity contribution in [3.63, 3.8) is 0 Å². The monoisotopic (exact) mass is 322 g/mol. The zero-order chi connectivity index (χ0) is 16.9. The number of nitrogens with zero attached hydrogens (tertiary/aromatic N) is 1. The fourth-order valence-electron chi connectivity index (χ4n) is 2.98. The Kier molecular flexibility index (Phi) is 4.94. The number of urea groups is 1. The summed E-state index contributed by atoms with van der Waals surface area (Å²) in [6.07, 6.45) is 3.31. The maximum atomic E-state index is 12.5. The van der Waals surface area contributed by atoms with E-state index in [4.69, 9.17) is 0 Å². The lowest BCUT2D eigenvalue weighted by molar-refractivity contribution is 0.0979. The molecule has 4 heteroatoms. The molecule has 2 aromatic carbocycles. The molecule has 1 aliphatic heterocycles. The first kappa shape index (κ1) is 16.2. The molecule has 0 saturated heterocycles. The second kappa shape index (κ2) is 7.30. The quantitative estimate of drug-likeness (QED) is 0.814. The van der Waals surface area contributed by atoms with E-state index in [9.17, 15) is 9.59 Å². The molecule has 0 atom stereocenters. The van der Waals surface area contributed by atoms with E-state index < -0.39 is 0 Å². The summed E-state index contributed by atoms with van der Waals surface area (Å²) in [6, 6.07) is 15.0. The van der Waals surface area contributed by atoms with E-state index in [0.29, 0.717) is 13.0 Å². The Morgan fingerprint density at radius 1 is 1.12 bits per heavy atom. The number of anilines is 2.